The van der Waals surface area contributed by atoms with E-state index in [2.05, 4.69) is 37.7 Å². The summed E-state index contributed by atoms with van der Waals surface area (Å²) in [5.74, 6) is 1.44. The molecule has 0 saturated heterocycles. The number of allylic oxidation sites excluding steroid dienone is 2. The first-order valence-corrected chi connectivity index (χ1v) is 7.25. The molecular formula is C18H23NO2. The fourth-order valence-electron chi connectivity index (χ4n) is 2.14. The summed E-state index contributed by atoms with van der Waals surface area (Å²) in [6.07, 6.45) is 7.89. The Morgan fingerprint density at radius 1 is 1.29 bits per heavy atom. The van der Waals surface area contributed by atoms with Crippen LogP contribution < -0.4 is 4.74 Å². The van der Waals surface area contributed by atoms with Crippen LogP contribution in [0.25, 0.3) is 0 Å². The van der Waals surface area contributed by atoms with Gasteiger partial charge < -0.3 is 4.74 Å². The molecular weight excluding hydrogens is 262 g/mol. The summed E-state index contributed by atoms with van der Waals surface area (Å²) in [6.45, 7) is 8.14. The lowest BCUT2D eigenvalue weighted by Crippen LogP contribution is -1.97. The second kappa shape index (κ2) is 9.70. The molecule has 0 atom stereocenters. The number of benzene rings is 1. The molecule has 3 nitrogen and oxygen atoms in total. The minimum Gasteiger partial charge on any atom is -0.490 e. The molecule has 0 heterocycles. The van der Waals surface area contributed by atoms with Crippen molar-refractivity contribution in [3.8, 4) is 5.75 Å². The van der Waals surface area contributed by atoms with Gasteiger partial charge in [0.2, 0.25) is 0 Å². The highest BCUT2D eigenvalue weighted by Gasteiger charge is 2.06. The Morgan fingerprint density at radius 3 is 2.48 bits per heavy atom. The summed E-state index contributed by atoms with van der Waals surface area (Å²) in [6, 6.07) is 8.22. The molecule has 0 bridgehead atoms. The van der Waals surface area contributed by atoms with Crippen LogP contribution in [0.2, 0.25) is 0 Å². The molecule has 1 rings (SSSR count). The first kappa shape index (κ1) is 16.9. The van der Waals surface area contributed by atoms with Crippen molar-refractivity contribution in [3.63, 3.8) is 0 Å². The SMILES string of the molecule is C=N/C=C(C=O)\C=C/COc1ccc(C(CC)CC)cc1. The molecule has 0 aliphatic carbocycles. The third-order valence-corrected chi connectivity index (χ3v) is 3.37. The third-order valence-electron chi connectivity index (χ3n) is 3.37. The summed E-state index contributed by atoms with van der Waals surface area (Å²) >= 11 is 0. The van der Waals surface area contributed by atoms with E-state index < -0.39 is 0 Å². The predicted molar refractivity (Wildman–Crippen MR) is 88.1 cm³/mol. The molecule has 112 valence electrons. The van der Waals surface area contributed by atoms with E-state index in [1.807, 2.05) is 12.1 Å². The second-order valence-electron chi connectivity index (χ2n) is 4.73. The van der Waals surface area contributed by atoms with E-state index in [1.54, 1.807) is 12.2 Å². The molecule has 0 aliphatic heterocycles. The number of nitrogens with zero attached hydrogens (tertiary/aromatic N) is 1. The maximum absolute atomic E-state index is 10.7. The van der Waals surface area contributed by atoms with Crippen LogP contribution >= 0.6 is 0 Å². The van der Waals surface area contributed by atoms with Gasteiger partial charge in [-0.05, 0) is 49.2 Å². The maximum atomic E-state index is 10.7. The zero-order valence-electron chi connectivity index (χ0n) is 12.8. The lowest BCUT2D eigenvalue weighted by atomic mass is 9.94. The van der Waals surface area contributed by atoms with Crippen molar-refractivity contribution in [2.75, 3.05) is 6.61 Å². The van der Waals surface area contributed by atoms with Crippen molar-refractivity contribution >= 4 is 13.0 Å². The molecule has 3 heteroatoms. The normalized spacial score (nSPS) is 11.9. The summed E-state index contributed by atoms with van der Waals surface area (Å²) < 4.78 is 5.60. The van der Waals surface area contributed by atoms with Crippen molar-refractivity contribution in [1.29, 1.82) is 0 Å². The topological polar surface area (TPSA) is 38.7 Å². The zero-order valence-corrected chi connectivity index (χ0v) is 12.8. The Kier molecular flexibility index (Phi) is 7.80. The van der Waals surface area contributed by atoms with Crippen LogP contribution in [0.1, 0.15) is 38.2 Å². The Bertz CT molecular complexity index is 496. The van der Waals surface area contributed by atoms with E-state index in [-0.39, 0.29) is 0 Å². The van der Waals surface area contributed by atoms with E-state index >= 15 is 0 Å². The van der Waals surface area contributed by atoms with Crippen molar-refractivity contribution in [2.45, 2.75) is 32.6 Å². The van der Waals surface area contributed by atoms with E-state index in [9.17, 15) is 4.79 Å². The molecule has 0 fully saturated rings. The van der Waals surface area contributed by atoms with Crippen LogP contribution in [0.5, 0.6) is 5.75 Å². The minimum absolute atomic E-state index is 0.409. The number of hydrogen-bond acceptors (Lipinski definition) is 3. The highest BCUT2D eigenvalue weighted by molar-refractivity contribution is 5.77. The molecule has 0 N–H and O–H groups in total. The Hall–Kier alpha value is -2.16. The summed E-state index contributed by atoms with van der Waals surface area (Å²) in [5.41, 5.74) is 1.82. The summed E-state index contributed by atoms with van der Waals surface area (Å²) in [4.78, 5) is 14.2. The van der Waals surface area contributed by atoms with Gasteiger partial charge in [-0.15, -0.1) is 0 Å². The van der Waals surface area contributed by atoms with Gasteiger partial charge in [-0.1, -0.05) is 32.1 Å². The van der Waals surface area contributed by atoms with E-state index in [4.69, 9.17) is 4.74 Å². The number of carbonyl (C=O) groups excluding carboxylic acids is 1. The average molecular weight is 285 g/mol. The monoisotopic (exact) mass is 285 g/mol. The van der Waals surface area contributed by atoms with Crippen LogP contribution in [0, 0.1) is 0 Å². The van der Waals surface area contributed by atoms with E-state index in [0.29, 0.717) is 18.1 Å². The number of aliphatic imine (C=N–C) groups is 1. The van der Waals surface area contributed by atoms with Crippen LogP contribution in [0.3, 0.4) is 0 Å². The molecule has 1 aromatic rings. The number of rotatable bonds is 9. The quantitative estimate of drug-likeness (QED) is 0.293. The molecule has 1 aromatic carbocycles. The maximum Gasteiger partial charge on any atom is 0.151 e. The highest BCUT2D eigenvalue weighted by atomic mass is 16.5. The van der Waals surface area contributed by atoms with Crippen molar-refractivity contribution < 1.29 is 9.53 Å². The standard InChI is InChI=1S/C18H23NO2/c1-4-16(5-2)17-8-10-18(11-9-17)21-12-6-7-15(14-20)13-19-3/h6-11,13-14,16H,3-5,12H2,1-2H3/b7-6-,15-13+. The number of carbonyl (C=O) groups is 1. The summed E-state index contributed by atoms with van der Waals surface area (Å²) in [7, 11) is 0. The number of aldehydes is 1. The minimum atomic E-state index is 0.409. The Labute approximate surface area is 127 Å². The van der Waals surface area contributed by atoms with Crippen LogP contribution in [-0.2, 0) is 4.79 Å². The van der Waals surface area contributed by atoms with Crippen molar-refractivity contribution in [2.24, 2.45) is 4.99 Å². The van der Waals surface area contributed by atoms with E-state index in [0.717, 1.165) is 24.9 Å². The molecule has 0 aromatic heterocycles. The molecule has 0 unspecified atom stereocenters. The van der Waals surface area contributed by atoms with Crippen molar-refractivity contribution in [3.05, 3.63) is 53.8 Å². The van der Waals surface area contributed by atoms with Crippen LogP contribution in [0.15, 0.2) is 53.2 Å². The van der Waals surface area contributed by atoms with Gasteiger partial charge in [0, 0.05) is 11.8 Å². The lowest BCUT2D eigenvalue weighted by Gasteiger charge is -2.13. The largest absolute Gasteiger partial charge is 0.490 e. The second-order valence-corrected chi connectivity index (χ2v) is 4.73. The van der Waals surface area contributed by atoms with Gasteiger partial charge in [0.15, 0.2) is 6.29 Å². The Morgan fingerprint density at radius 2 is 1.95 bits per heavy atom. The lowest BCUT2D eigenvalue weighted by molar-refractivity contribution is -0.104. The first-order chi connectivity index (χ1) is 10.2. The first-order valence-electron chi connectivity index (χ1n) is 7.25. The summed E-state index contributed by atoms with van der Waals surface area (Å²) in [5, 5.41) is 0. The molecule has 0 spiro atoms. The predicted octanol–water partition coefficient (Wildman–Crippen LogP) is 4.31. The van der Waals surface area contributed by atoms with Gasteiger partial charge in [0.05, 0.1) is 0 Å². The number of ether oxygens (including phenoxy) is 1. The highest BCUT2D eigenvalue weighted by Crippen LogP contribution is 2.24. The van der Waals surface area contributed by atoms with Crippen LogP contribution in [0.4, 0.5) is 0 Å². The van der Waals surface area contributed by atoms with Crippen LogP contribution in [-0.4, -0.2) is 19.6 Å². The van der Waals surface area contributed by atoms with Gasteiger partial charge in [-0.25, -0.2) is 0 Å². The van der Waals surface area contributed by atoms with E-state index in [1.165, 1.54) is 11.8 Å². The molecule has 0 aliphatic rings. The van der Waals surface area contributed by atoms with Gasteiger partial charge in [-0.2, -0.15) is 0 Å². The molecule has 0 saturated carbocycles. The van der Waals surface area contributed by atoms with Gasteiger partial charge in [0.1, 0.15) is 12.4 Å². The average Bonchev–Trinajstić information content (AvgIpc) is 2.53. The fraction of sp³-hybridized carbons (Fsp3) is 0.333. The Balaban J connectivity index is 2.53. The third kappa shape index (κ3) is 5.78. The van der Waals surface area contributed by atoms with Gasteiger partial charge in [0.25, 0.3) is 0 Å². The van der Waals surface area contributed by atoms with Gasteiger partial charge in [-0.3, -0.25) is 9.79 Å². The smallest absolute Gasteiger partial charge is 0.151 e. The van der Waals surface area contributed by atoms with Crippen molar-refractivity contribution in [1.82, 2.24) is 0 Å². The molecule has 0 radical (unpaired) electrons. The molecule has 21 heavy (non-hydrogen) atoms. The zero-order chi connectivity index (χ0) is 15.5. The molecule has 0 amide bonds. The van der Waals surface area contributed by atoms with Gasteiger partial charge >= 0.3 is 0 Å². The number of hydrogen-bond donors (Lipinski definition) is 0. The fourth-order valence-corrected chi connectivity index (χ4v) is 2.14.